The number of fused-ring (bicyclic) bond motifs is 2. The van der Waals surface area contributed by atoms with Crippen LogP contribution in [0.4, 0.5) is 0 Å². The number of hydrogen-bond donors (Lipinski definition) is 1. The summed E-state index contributed by atoms with van der Waals surface area (Å²) < 4.78 is 5.47. The van der Waals surface area contributed by atoms with Gasteiger partial charge in [0.2, 0.25) is 0 Å². The van der Waals surface area contributed by atoms with E-state index in [1.54, 1.807) is 0 Å². The van der Waals surface area contributed by atoms with Gasteiger partial charge in [0.1, 0.15) is 0 Å². The fourth-order valence-corrected chi connectivity index (χ4v) is 4.70. The Kier molecular flexibility index (Phi) is 5.54. The monoisotopic (exact) mass is 295 g/mol. The molecule has 3 saturated heterocycles. The van der Waals surface area contributed by atoms with Crippen LogP contribution in [0.25, 0.3) is 0 Å². The van der Waals surface area contributed by atoms with Crippen LogP contribution in [0.5, 0.6) is 0 Å². The molecule has 3 heterocycles. The molecule has 0 aromatic carbocycles. The van der Waals surface area contributed by atoms with Gasteiger partial charge in [-0.3, -0.25) is 9.80 Å². The first-order valence-corrected chi connectivity index (χ1v) is 9.09. The molecule has 3 aliphatic rings. The number of hydrogen-bond acceptors (Lipinski definition) is 4. The van der Waals surface area contributed by atoms with Gasteiger partial charge in [0.25, 0.3) is 0 Å². The average molecular weight is 295 g/mol. The normalized spacial score (nSPS) is 36.0. The maximum atomic E-state index is 5.47. The summed E-state index contributed by atoms with van der Waals surface area (Å²) in [5, 5.41) is 3.76. The number of piperidine rings is 1. The van der Waals surface area contributed by atoms with E-state index >= 15 is 0 Å². The van der Waals surface area contributed by atoms with Crippen molar-refractivity contribution in [2.45, 2.75) is 70.1 Å². The Balaban J connectivity index is 1.51. The minimum absolute atomic E-state index is 0.702. The fourth-order valence-electron chi connectivity index (χ4n) is 4.70. The summed E-state index contributed by atoms with van der Waals surface area (Å²) in [4.78, 5) is 5.45. The number of nitrogens with zero attached hydrogens (tertiary/aromatic N) is 2. The van der Waals surface area contributed by atoms with Crippen molar-refractivity contribution in [1.29, 1.82) is 0 Å². The number of rotatable bonds is 6. The van der Waals surface area contributed by atoms with E-state index in [0.29, 0.717) is 6.04 Å². The quantitative estimate of drug-likeness (QED) is 0.807. The Hall–Kier alpha value is -0.160. The highest BCUT2D eigenvalue weighted by Gasteiger charge is 2.42. The summed E-state index contributed by atoms with van der Waals surface area (Å²) in [5.74, 6) is 0. The summed E-state index contributed by atoms with van der Waals surface area (Å²) in [6, 6.07) is 3.13. The van der Waals surface area contributed by atoms with Gasteiger partial charge in [0.05, 0.1) is 13.2 Å². The lowest BCUT2D eigenvalue weighted by Crippen LogP contribution is -2.55. The highest BCUT2D eigenvalue weighted by molar-refractivity contribution is 4.99. The van der Waals surface area contributed by atoms with Crippen LogP contribution in [-0.2, 0) is 4.74 Å². The molecule has 1 N–H and O–H groups in total. The standard InChI is InChI=1S/C17H33N3O/c1-3-6-18-15-11-16-4-5-17(12-15)20(16)14(2)13-19-7-9-21-10-8-19/h14-18H,3-13H2,1-2H3. The van der Waals surface area contributed by atoms with E-state index in [1.807, 2.05) is 0 Å². The lowest BCUT2D eigenvalue weighted by atomic mass is 9.95. The largest absolute Gasteiger partial charge is 0.379 e. The summed E-state index contributed by atoms with van der Waals surface area (Å²) in [5.41, 5.74) is 0. The van der Waals surface area contributed by atoms with Gasteiger partial charge in [-0.25, -0.2) is 0 Å². The molecule has 3 rings (SSSR count). The maximum absolute atomic E-state index is 5.47. The van der Waals surface area contributed by atoms with Crippen molar-refractivity contribution in [1.82, 2.24) is 15.1 Å². The molecule has 4 heteroatoms. The smallest absolute Gasteiger partial charge is 0.0594 e. The van der Waals surface area contributed by atoms with Crippen molar-refractivity contribution in [3.8, 4) is 0 Å². The van der Waals surface area contributed by atoms with Gasteiger partial charge in [-0.15, -0.1) is 0 Å². The van der Waals surface area contributed by atoms with Gasteiger partial charge in [-0.2, -0.15) is 0 Å². The highest BCUT2D eigenvalue weighted by Crippen LogP contribution is 2.37. The minimum atomic E-state index is 0.702. The molecule has 0 saturated carbocycles. The van der Waals surface area contributed by atoms with Gasteiger partial charge in [0.15, 0.2) is 0 Å². The lowest BCUT2D eigenvalue weighted by molar-refractivity contribution is 0.00868. The molecule has 0 aromatic rings. The Morgan fingerprint density at radius 2 is 1.81 bits per heavy atom. The first-order valence-electron chi connectivity index (χ1n) is 9.09. The van der Waals surface area contributed by atoms with E-state index in [9.17, 15) is 0 Å². The van der Waals surface area contributed by atoms with Crippen LogP contribution >= 0.6 is 0 Å². The second-order valence-corrected chi connectivity index (χ2v) is 7.22. The van der Waals surface area contributed by atoms with E-state index in [4.69, 9.17) is 4.74 Å². The van der Waals surface area contributed by atoms with E-state index in [-0.39, 0.29) is 0 Å². The van der Waals surface area contributed by atoms with Crippen LogP contribution < -0.4 is 5.32 Å². The summed E-state index contributed by atoms with van der Waals surface area (Å²) in [7, 11) is 0. The second kappa shape index (κ2) is 7.40. The SMILES string of the molecule is CCCNC1CC2CCC(C1)N2C(C)CN1CCOCC1. The van der Waals surface area contributed by atoms with Gasteiger partial charge in [-0.05, 0) is 45.6 Å². The van der Waals surface area contributed by atoms with Crippen LogP contribution in [-0.4, -0.2) is 73.4 Å². The van der Waals surface area contributed by atoms with Crippen molar-refractivity contribution < 1.29 is 4.74 Å². The Morgan fingerprint density at radius 1 is 1.14 bits per heavy atom. The van der Waals surface area contributed by atoms with E-state index in [0.717, 1.165) is 44.4 Å². The molecule has 0 aromatic heterocycles. The molecule has 21 heavy (non-hydrogen) atoms. The van der Waals surface area contributed by atoms with E-state index < -0.39 is 0 Å². The summed E-state index contributed by atoms with van der Waals surface area (Å²) in [6.45, 7) is 11.2. The third kappa shape index (κ3) is 3.79. The van der Waals surface area contributed by atoms with Crippen molar-refractivity contribution in [2.24, 2.45) is 0 Å². The lowest BCUT2D eigenvalue weighted by Gasteiger charge is -2.44. The number of ether oxygens (including phenoxy) is 1. The topological polar surface area (TPSA) is 27.7 Å². The molecule has 0 radical (unpaired) electrons. The Bertz CT molecular complexity index is 305. The van der Waals surface area contributed by atoms with E-state index in [2.05, 4.69) is 29.0 Å². The van der Waals surface area contributed by atoms with Crippen molar-refractivity contribution >= 4 is 0 Å². The predicted molar refractivity (Wildman–Crippen MR) is 86.7 cm³/mol. The van der Waals surface area contributed by atoms with Crippen LogP contribution in [0.15, 0.2) is 0 Å². The Morgan fingerprint density at radius 3 is 2.43 bits per heavy atom. The van der Waals surface area contributed by atoms with E-state index in [1.165, 1.54) is 45.2 Å². The number of morpholine rings is 1. The first kappa shape index (κ1) is 15.7. The molecule has 3 aliphatic heterocycles. The molecule has 0 spiro atoms. The van der Waals surface area contributed by atoms with Crippen LogP contribution in [0.3, 0.4) is 0 Å². The van der Waals surface area contributed by atoms with Gasteiger partial charge in [-0.1, -0.05) is 6.92 Å². The third-order valence-corrected chi connectivity index (χ3v) is 5.61. The molecule has 3 unspecified atom stereocenters. The van der Waals surface area contributed by atoms with Gasteiger partial charge in [0, 0.05) is 43.8 Å². The molecule has 4 nitrogen and oxygen atoms in total. The van der Waals surface area contributed by atoms with Crippen LogP contribution in [0.2, 0.25) is 0 Å². The molecular formula is C17H33N3O. The zero-order valence-electron chi connectivity index (χ0n) is 13.9. The molecule has 0 aliphatic carbocycles. The zero-order chi connectivity index (χ0) is 14.7. The summed E-state index contributed by atoms with van der Waals surface area (Å²) >= 11 is 0. The van der Waals surface area contributed by atoms with Crippen LogP contribution in [0.1, 0.15) is 46.0 Å². The van der Waals surface area contributed by atoms with Crippen molar-refractivity contribution in [3.05, 3.63) is 0 Å². The Labute approximate surface area is 130 Å². The fraction of sp³-hybridized carbons (Fsp3) is 1.00. The first-order chi connectivity index (χ1) is 10.3. The molecule has 3 fully saturated rings. The zero-order valence-corrected chi connectivity index (χ0v) is 13.9. The maximum Gasteiger partial charge on any atom is 0.0594 e. The van der Waals surface area contributed by atoms with Crippen molar-refractivity contribution in [3.63, 3.8) is 0 Å². The van der Waals surface area contributed by atoms with Crippen LogP contribution in [0, 0.1) is 0 Å². The molecule has 0 amide bonds. The van der Waals surface area contributed by atoms with Crippen molar-refractivity contribution in [2.75, 3.05) is 39.4 Å². The third-order valence-electron chi connectivity index (χ3n) is 5.61. The average Bonchev–Trinajstić information content (AvgIpc) is 2.77. The number of nitrogens with one attached hydrogen (secondary N) is 1. The highest BCUT2D eigenvalue weighted by atomic mass is 16.5. The summed E-state index contributed by atoms with van der Waals surface area (Å²) in [6.07, 6.45) is 6.82. The van der Waals surface area contributed by atoms with Gasteiger partial charge >= 0.3 is 0 Å². The predicted octanol–water partition coefficient (Wildman–Crippen LogP) is 1.70. The molecule has 3 atom stereocenters. The second-order valence-electron chi connectivity index (χ2n) is 7.22. The minimum Gasteiger partial charge on any atom is -0.379 e. The molecule has 2 bridgehead atoms. The molecular weight excluding hydrogens is 262 g/mol. The molecule has 122 valence electrons. The van der Waals surface area contributed by atoms with Gasteiger partial charge < -0.3 is 10.1 Å².